The summed E-state index contributed by atoms with van der Waals surface area (Å²) in [6.45, 7) is 1.97. The number of benzene rings is 1. The molecule has 0 bridgehead atoms. The molecule has 0 aliphatic rings. The summed E-state index contributed by atoms with van der Waals surface area (Å²) < 4.78 is 1.79. The maximum absolute atomic E-state index is 4.39. The first-order valence-electron chi connectivity index (χ1n) is 5.25. The Kier molecular flexibility index (Phi) is 2.29. The van der Waals surface area contributed by atoms with Gasteiger partial charge in [-0.05, 0) is 19.1 Å². The molecule has 0 unspecified atom stereocenters. The van der Waals surface area contributed by atoms with E-state index in [1.807, 2.05) is 38.2 Å². The molecule has 0 aliphatic heterocycles. The minimum Gasteiger partial charge on any atom is -0.388 e. The Morgan fingerprint density at radius 1 is 1.29 bits per heavy atom. The van der Waals surface area contributed by atoms with Gasteiger partial charge in [-0.2, -0.15) is 9.61 Å². The minimum atomic E-state index is 0.779. The SMILES string of the molecule is CNc1cccc(-c2nnc3sc(C)nn23)c1. The number of rotatable bonds is 2. The number of hydrogen-bond donors (Lipinski definition) is 1. The van der Waals surface area contributed by atoms with E-state index in [9.17, 15) is 0 Å². The van der Waals surface area contributed by atoms with Crippen LogP contribution in [0.25, 0.3) is 16.3 Å². The molecule has 3 rings (SSSR count). The molecule has 0 spiro atoms. The van der Waals surface area contributed by atoms with Crippen LogP contribution in [0.3, 0.4) is 0 Å². The number of aromatic nitrogens is 4. The van der Waals surface area contributed by atoms with Crippen molar-refractivity contribution in [3.05, 3.63) is 29.3 Å². The van der Waals surface area contributed by atoms with Gasteiger partial charge in [0.15, 0.2) is 5.82 Å². The quantitative estimate of drug-likeness (QED) is 0.752. The Hall–Kier alpha value is -1.95. The van der Waals surface area contributed by atoms with E-state index in [-0.39, 0.29) is 0 Å². The third-order valence-corrected chi connectivity index (χ3v) is 3.32. The van der Waals surface area contributed by atoms with Crippen molar-refractivity contribution in [3.63, 3.8) is 0 Å². The molecule has 2 aromatic heterocycles. The van der Waals surface area contributed by atoms with Gasteiger partial charge in [0, 0.05) is 18.3 Å². The van der Waals surface area contributed by atoms with Crippen LogP contribution in [0.15, 0.2) is 24.3 Å². The molecule has 5 nitrogen and oxygen atoms in total. The number of nitrogens with zero attached hydrogens (tertiary/aromatic N) is 4. The van der Waals surface area contributed by atoms with Crippen molar-refractivity contribution in [1.29, 1.82) is 0 Å². The van der Waals surface area contributed by atoms with Gasteiger partial charge in [-0.1, -0.05) is 23.5 Å². The van der Waals surface area contributed by atoms with Gasteiger partial charge in [0.2, 0.25) is 4.96 Å². The summed E-state index contributed by atoms with van der Waals surface area (Å²) in [6, 6.07) is 8.03. The van der Waals surface area contributed by atoms with Crippen LogP contribution >= 0.6 is 11.3 Å². The maximum atomic E-state index is 4.39. The summed E-state index contributed by atoms with van der Waals surface area (Å²) in [5.74, 6) is 0.779. The van der Waals surface area contributed by atoms with Crippen LogP contribution in [0, 0.1) is 6.92 Å². The van der Waals surface area contributed by atoms with Crippen LogP contribution in [-0.4, -0.2) is 26.9 Å². The highest BCUT2D eigenvalue weighted by molar-refractivity contribution is 7.16. The molecule has 86 valence electrons. The summed E-state index contributed by atoms with van der Waals surface area (Å²) in [6.07, 6.45) is 0. The number of nitrogens with one attached hydrogen (secondary N) is 1. The highest BCUT2D eigenvalue weighted by Crippen LogP contribution is 2.23. The zero-order valence-corrected chi connectivity index (χ0v) is 10.3. The second-order valence-electron chi connectivity index (χ2n) is 3.67. The van der Waals surface area contributed by atoms with Gasteiger partial charge in [0.25, 0.3) is 0 Å². The first kappa shape index (κ1) is 10.2. The molecule has 2 heterocycles. The first-order chi connectivity index (χ1) is 8.28. The van der Waals surface area contributed by atoms with Crippen molar-refractivity contribution in [3.8, 4) is 11.4 Å². The lowest BCUT2D eigenvalue weighted by Gasteiger charge is -2.01. The number of anilines is 1. The van der Waals surface area contributed by atoms with E-state index >= 15 is 0 Å². The molecule has 1 N–H and O–H groups in total. The van der Waals surface area contributed by atoms with Crippen molar-refractivity contribution in [2.24, 2.45) is 0 Å². The van der Waals surface area contributed by atoms with Crippen LogP contribution < -0.4 is 5.32 Å². The molecule has 0 amide bonds. The molecule has 1 aromatic carbocycles. The fraction of sp³-hybridized carbons (Fsp3) is 0.182. The zero-order valence-electron chi connectivity index (χ0n) is 9.51. The predicted octanol–water partition coefficient (Wildman–Crippen LogP) is 2.20. The van der Waals surface area contributed by atoms with Crippen molar-refractivity contribution in [2.45, 2.75) is 6.92 Å². The molecule has 3 aromatic rings. The molecule has 0 saturated carbocycles. The number of aryl methyl sites for hydroxylation is 1. The topological polar surface area (TPSA) is 55.1 Å². The maximum Gasteiger partial charge on any atom is 0.234 e. The van der Waals surface area contributed by atoms with Gasteiger partial charge in [-0.25, -0.2) is 0 Å². The Morgan fingerprint density at radius 3 is 3.00 bits per heavy atom. The van der Waals surface area contributed by atoms with E-state index in [0.717, 1.165) is 27.0 Å². The molecular weight excluding hydrogens is 234 g/mol. The van der Waals surface area contributed by atoms with Crippen molar-refractivity contribution in [2.75, 3.05) is 12.4 Å². The van der Waals surface area contributed by atoms with Crippen LogP contribution in [0.5, 0.6) is 0 Å². The zero-order chi connectivity index (χ0) is 11.8. The summed E-state index contributed by atoms with van der Waals surface area (Å²) >= 11 is 1.54. The second-order valence-corrected chi connectivity index (χ2v) is 4.83. The largest absolute Gasteiger partial charge is 0.388 e. The Balaban J connectivity index is 2.19. The van der Waals surface area contributed by atoms with Gasteiger partial charge in [0.1, 0.15) is 5.01 Å². The smallest absolute Gasteiger partial charge is 0.234 e. The van der Waals surface area contributed by atoms with Gasteiger partial charge >= 0.3 is 0 Å². The van der Waals surface area contributed by atoms with Crippen molar-refractivity contribution >= 4 is 22.0 Å². The average Bonchev–Trinajstić information content (AvgIpc) is 2.87. The molecule has 0 aliphatic carbocycles. The van der Waals surface area contributed by atoms with Gasteiger partial charge < -0.3 is 5.32 Å². The van der Waals surface area contributed by atoms with E-state index in [4.69, 9.17) is 0 Å². The van der Waals surface area contributed by atoms with Crippen molar-refractivity contribution < 1.29 is 0 Å². The second kappa shape index (κ2) is 3.81. The van der Waals surface area contributed by atoms with Crippen LogP contribution in [-0.2, 0) is 0 Å². The van der Waals surface area contributed by atoms with Gasteiger partial charge in [-0.3, -0.25) is 0 Å². The Bertz CT molecular complexity index is 669. The summed E-state index contributed by atoms with van der Waals surface area (Å²) in [4.78, 5) is 0.826. The summed E-state index contributed by atoms with van der Waals surface area (Å²) in [5, 5.41) is 16.8. The van der Waals surface area contributed by atoms with Crippen LogP contribution in [0.2, 0.25) is 0 Å². The molecule has 0 radical (unpaired) electrons. The number of hydrogen-bond acceptors (Lipinski definition) is 5. The fourth-order valence-corrected chi connectivity index (χ4v) is 2.39. The van der Waals surface area contributed by atoms with Crippen LogP contribution in [0.4, 0.5) is 5.69 Å². The normalized spacial score (nSPS) is 10.9. The monoisotopic (exact) mass is 245 g/mol. The lowest BCUT2D eigenvalue weighted by atomic mass is 10.2. The fourth-order valence-electron chi connectivity index (χ4n) is 1.71. The molecule has 0 fully saturated rings. The standard InChI is InChI=1S/C11H11N5S/c1-7-15-16-10(13-14-11(16)17-7)8-4-3-5-9(6-8)12-2/h3-6,12H,1-2H3. The third-order valence-electron chi connectivity index (χ3n) is 2.50. The summed E-state index contributed by atoms with van der Waals surface area (Å²) in [5.41, 5.74) is 2.06. The highest BCUT2D eigenvalue weighted by Gasteiger charge is 2.11. The van der Waals surface area contributed by atoms with Crippen molar-refractivity contribution in [1.82, 2.24) is 19.8 Å². The number of fused-ring (bicyclic) bond motifs is 1. The third kappa shape index (κ3) is 1.66. The van der Waals surface area contributed by atoms with E-state index in [2.05, 4.69) is 20.6 Å². The molecule has 6 heteroatoms. The molecule has 0 atom stereocenters. The van der Waals surface area contributed by atoms with E-state index in [0.29, 0.717) is 0 Å². The molecule has 0 saturated heterocycles. The first-order valence-corrected chi connectivity index (χ1v) is 6.06. The average molecular weight is 245 g/mol. The highest BCUT2D eigenvalue weighted by atomic mass is 32.1. The van der Waals surface area contributed by atoms with E-state index in [1.165, 1.54) is 0 Å². The van der Waals surface area contributed by atoms with Crippen LogP contribution in [0.1, 0.15) is 5.01 Å². The Morgan fingerprint density at radius 2 is 2.18 bits per heavy atom. The molecule has 17 heavy (non-hydrogen) atoms. The van der Waals surface area contributed by atoms with E-state index in [1.54, 1.807) is 15.9 Å². The summed E-state index contributed by atoms with van der Waals surface area (Å²) in [7, 11) is 1.89. The predicted molar refractivity (Wildman–Crippen MR) is 68.4 cm³/mol. The van der Waals surface area contributed by atoms with E-state index < -0.39 is 0 Å². The van der Waals surface area contributed by atoms with Gasteiger partial charge in [0.05, 0.1) is 0 Å². The molecular formula is C11H11N5S. The minimum absolute atomic E-state index is 0.779. The van der Waals surface area contributed by atoms with Gasteiger partial charge in [-0.15, -0.1) is 10.2 Å². The lowest BCUT2D eigenvalue weighted by Crippen LogP contribution is -1.92. The lowest BCUT2D eigenvalue weighted by molar-refractivity contribution is 0.941. The Labute approximate surface area is 102 Å².